The maximum Gasteiger partial charge on any atom is 0.269 e. The van der Waals surface area contributed by atoms with E-state index in [1.807, 2.05) is 0 Å². The lowest BCUT2D eigenvalue weighted by atomic mass is 10.5. The van der Waals surface area contributed by atoms with E-state index in [4.69, 9.17) is 39.3 Å². The molecular formula is C8H17Cl3NO2P. The van der Waals surface area contributed by atoms with Gasteiger partial charge < -0.3 is 4.52 Å². The average molecular weight is 297 g/mol. The fourth-order valence-electron chi connectivity index (χ4n) is 1.04. The van der Waals surface area contributed by atoms with Crippen LogP contribution in [0.4, 0.5) is 0 Å². The van der Waals surface area contributed by atoms with Gasteiger partial charge in [-0.25, -0.2) is 4.67 Å². The lowest BCUT2D eigenvalue weighted by Gasteiger charge is -2.27. The maximum atomic E-state index is 12.1. The minimum Gasteiger partial charge on any atom is -0.318 e. The molecule has 0 heterocycles. The highest BCUT2D eigenvalue weighted by Crippen LogP contribution is 2.46. The third-order valence-corrected chi connectivity index (χ3v) is 4.50. The summed E-state index contributed by atoms with van der Waals surface area (Å²) in [5, 5.41) is 0. The molecule has 3 nitrogen and oxygen atoms in total. The highest BCUT2D eigenvalue weighted by atomic mass is 35.5. The summed E-state index contributed by atoms with van der Waals surface area (Å²) in [6.07, 6.45) is 0.689. The van der Waals surface area contributed by atoms with Crippen molar-refractivity contribution >= 4 is 42.3 Å². The van der Waals surface area contributed by atoms with Gasteiger partial charge in [-0.1, -0.05) is 0 Å². The smallest absolute Gasteiger partial charge is 0.269 e. The van der Waals surface area contributed by atoms with E-state index in [1.165, 1.54) is 0 Å². The SMILES string of the molecule is CP(=O)(OCCCCl)N(CCCl)CCCl. The fraction of sp³-hybridized carbons (Fsp3) is 1.00. The van der Waals surface area contributed by atoms with Crippen molar-refractivity contribution in [1.82, 2.24) is 4.67 Å². The zero-order chi connectivity index (χ0) is 11.7. The normalized spacial score (nSPS) is 15.5. The summed E-state index contributed by atoms with van der Waals surface area (Å²) in [6, 6.07) is 0. The van der Waals surface area contributed by atoms with Gasteiger partial charge >= 0.3 is 0 Å². The minimum absolute atomic E-state index is 0.401. The van der Waals surface area contributed by atoms with Crippen LogP contribution >= 0.6 is 42.3 Å². The van der Waals surface area contributed by atoms with Gasteiger partial charge in [-0.2, -0.15) is 0 Å². The summed E-state index contributed by atoms with van der Waals surface area (Å²) in [7, 11) is -2.76. The van der Waals surface area contributed by atoms with Crippen LogP contribution < -0.4 is 0 Å². The van der Waals surface area contributed by atoms with Crippen LogP contribution in [-0.4, -0.2) is 48.7 Å². The highest BCUT2D eigenvalue weighted by molar-refractivity contribution is 7.55. The molecule has 7 heteroatoms. The molecule has 1 unspecified atom stereocenters. The first-order valence-electron chi connectivity index (χ1n) is 4.74. The van der Waals surface area contributed by atoms with E-state index in [0.717, 1.165) is 0 Å². The molecule has 0 aliphatic rings. The Labute approximate surface area is 107 Å². The monoisotopic (exact) mass is 295 g/mol. The molecule has 0 aromatic rings. The Kier molecular flexibility index (Phi) is 9.71. The number of rotatable bonds is 9. The molecular weight excluding hydrogens is 279 g/mol. The molecule has 0 amide bonds. The number of hydrogen-bond acceptors (Lipinski definition) is 2. The molecule has 0 aromatic heterocycles. The molecule has 92 valence electrons. The van der Waals surface area contributed by atoms with Gasteiger partial charge in [-0.05, 0) is 6.42 Å². The van der Waals surface area contributed by atoms with Crippen molar-refractivity contribution in [2.75, 3.05) is 44.0 Å². The molecule has 0 N–H and O–H groups in total. The van der Waals surface area contributed by atoms with E-state index >= 15 is 0 Å². The van der Waals surface area contributed by atoms with E-state index in [-0.39, 0.29) is 0 Å². The van der Waals surface area contributed by atoms with Gasteiger partial charge in [0.25, 0.3) is 7.52 Å². The quantitative estimate of drug-likeness (QED) is 0.372. The van der Waals surface area contributed by atoms with E-state index in [9.17, 15) is 4.57 Å². The first-order valence-corrected chi connectivity index (χ1v) is 8.36. The Balaban J connectivity index is 4.15. The van der Waals surface area contributed by atoms with Crippen LogP contribution in [0, 0.1) is 0 Å². The van der Waals surface area contributed by atoms with Crippen LogP contribution in [0.15, 0.2) is 0 Å². The van der Waals surface area contributed by atoms with E-state index < -0.39 is 7.52 Å². The molecule has 0 aliphatic carbocycles. The largest absolute Gasteiger partial charge is 0.318 e. The van der Waals surface area contributed by atoms with Gasteiger partial charge in [0.1, 0.15) is 0 Å². The molecule has 0 fully saturated rings. The lowest BCUT2D eigenvalue weighted by Crippen LogP contribution is -2.25. The standard InChI is InChI=1S/C8H17Cl3NO2P/c1-15(13,14-8-2-3-9)12(6-4-10)7-5-11/h2-8H2,1H3. The number of halogens is 3. The molecule has 0 saturated carbocycles. The van der Waals surface area contributed by atoms with Gasteiger partial charge in [-0.3, -0.25) is 4.57 Å². The van der Waals surface area contributed by atoms with E-state index in [1.54, 1.807) is 11.3 Å². The fourth-order valence-corrected chi connectivity index (χ4v) is 3.35. The van der Waals surface area contributed by atoms with Gasteiger partial charge in [0, 0.05) is 37.4 Å². The van der Waals surface area contributed by atoms with Crippen molar-refractivity contribution < 1.29 is 9.09 Å². The lowest BCUT2D eigenvalue weighted by molar-refractivity contribution is 0.270. The second-order valence-corrected chi connectivity index (χ2v) is 6.57. The summed E-state index contributed by atoms with van der Waals surface area (Å²) in [5.74, 6) is 1.33. The van der Waals surface area contributed by atoms with Crippen molar-refractivity contribution in [2.45, 2.75) is 6.42 Å². The second-order valence-electron chi connectivity index (χ2n) is 3.01. The average Bonchev–Trinajstić information content (AvgIpc) is 2.18. The van der Waals surface area contributed by atoms with Crippen molar-refractivity contribution in [3.05, 3.63) is 0 Å². The summed E-state index contributed by atoms with van der Waals surface area (Å²) in [4.78, 5) is 0. The zero-order valence-corrected chi connectivity index (χ0v) is 12.0. The summed E-state index contributed by atoms with van der Waals surface area (Å²) < 4.78 is 19.1. The second kappa shape index (κ2) is 9.09. The topological polar surface area (TPSA) is 29.5 Å². The summed E-state index contributed by atoms with van der Waals surface area (Å²) >= 11 is 16.7. The van der Waals surface area contributed by atoms with Gasteiger partial charge in [0.2, 0.25) is 0 Å². The van der Waals surface area contributed by atoms with Crippen molar-refractivity contribution in [2.24, 2.45) is 0 Å². The third-order valence-electron chi connectivity index (χ3n) is 1.81. The summed E-state index contributed by atoms with van der Waals surface area (Å²) in [5.41, 5.74) is 0. The van der Waals surface area contributed by atoms with Gasteiger partial charge in [0.05, 0.1) is 6.61 Å². The predicted molar refractivity (Wildman–Crippen MR) is 67.8 cm³/mol. The predicted octanol–water partition coefficient (Wildman–Crippen LogP) is 3.23. The summed E-state index contributed by atoms with van der Waals surface area (Å²) in [6.45, 7) is 3.02. The van der Waals surface area contributed by atoms with Crippen LogP contribution in [0.1, 0.15) is 6.42 Å². The maximum absolute atomic E-state index is 12.1. The van der Waals surface area contributed by atoms with Crippen molar-refractivity contribution in [3.63, 3.8) is 0 Å². The Morgan fingerprint density at radius 1 is 1.13 bits per heavy atom. The third kappa shape index (κ3) is 7.04. The van der Waals surface area contributed by atoms with Crippen LogP contribution in [0.25, 0.3) is 0 Å². The molecule has 0 bridgehead atoms. The Morgan fingerprint density at radius 3 is 2.07 bits per heavy atom. The Bertz CT molecular complexity index is 200. The van der Waals surface area contributed by atoms with Crippen LogP contribution in [0.5, 0.6) is 0 Å². The van der Waals surface area contributed by atoms with Gasteiger partial charge in [-0.15, -0.1) is 34.8 Å². The highest BCUT2D eigenvalue weighted by Gasteiger charge is 2.24. The number of hydrogen-bond donors (Lipinski definition) is 0. The van der Waals surface area contributed by atoms with Crippen LogP contribution in [-0.2, 0) is 9.09 Å². The molecule has 0 saturated heterocycles. The molecule has 1 atom stereocenters. The van der Waals surface area contributed by atoms with Crippen LogP contribution in [0.3, 0.4) is 0 Å². The minimum atomic E-state index is -2.76. The first-order chi connectivity index (χ1) is 7.08. The molecule has 0 rings (SSSR count). The Hall–Kier alpha value is 1.02. The van der Waals surface area contributed by atoms with Crippen molar-refractivity contribution in [3.8, 4) is 0 Å². The molecule has 0 radical (unpaired) electrons. The van der Waals surface area contributed by atoms with Gasteiger partial charge in [0.15, 0.2) is 0 Å². The molecule has 0 spiro atoms. The van der Waals surface area contributed by atoms with Crippen LogP contribution in [0.2, 0.25) is 0 Å². The first kappa shape index (κ1) is 16.0. The molecule has 0 aliphatic heterocycles. The van der Waals surface area contributed by atoms with Crippen molar-refractivity contribution in [1.29, 1.82) is 0 Å². The molecule has 0 aromatic carbocycles. The zero-order valence-electron chi connectivity index (χ0n) is 8.79. The number of nitrogens with zero attached hydrogens (tertiary/aromatic N) is 1. The Morgan fingerprint density at radius 2 is 1.67 bits per heavy atom. The van der Waals surface area contributed by atoms with E-state index in [0.29, 0.717) is 43.8 Å². The van der Waals surface area contributed by atoms with E-state index in [2.05, 4.69) is 0 Å². The number of alkyl halides is 3. The molecule has 15 heavy (non-hydrogen) atoms.